The van der Waals surface area contributed by atoms with Crippen LogP contribution in [0.5, 0.6) is 0 Å². The van der Waals surface area contributed by atoms with Crippen LogP contribution in [0.25, 0.3) is 10.8 Å². The molecule has 0 spiro atoms. The van der Waals surface area contributed by atoms with E-state index >= 15 is 0 Å². The fraction of sp³-hybridized carbons (Fsp3) is 0.364. The van der Waals surface area contributed by atoms with Gasteiger partial charge in [-0.2, -0.15) is 4.31 Å². The Morgan fingerprint density at radius 1 is 0.667 bits per heavy atom. The van der Waals surface area contributed by atoms with E-state index in [0.29, 0.717) is 31.1 Å². The van der Waals surface area contributed by atoms with Crippen LogP contribution in [0.15, 0.2) is 59.5 Å². The summed E-state index contributed by atoms with van der Waals surface area (Å²) in [7, 11) is -3.55. The highest BCUT2D eigenvalue weighted by atomic mass is 32.2. The highest BCUT2D eigenvalue weighted by molar-refractivity contribution is 7.89. The van der Waals surface area contributed by atoms with Crippen LogP contribution in [0.1, 0.15) is 12.8 Å². The monoisotopic (exact) mass is 423 g/mol. The van der Waals surface area contributed by atoms with Crippen molar-refractivity contribution in [1.29, 1.82) is 0 Å². The number of nitrogens with zero attached hydrogens (tertiary/aromatic N) is 5. The average Bonchev–Trinajstić information content (AvgIpc) is 3.34. The largest absolute Gasteiger partial charge is 0.355 e. The second-order valence-corrected chi connectivity index (χ2v) is 9.72. The van der Waals surface area contributed by atoms with Crippen LogP contribution < -0.4 is 9.80 Å². The molecule has 1 aromatic heterocycles. The van der Waals surface area contributed by atoms with Gasteiger partial charge in [0.25, 0.3) is 0 Å². The van der Waals surface area contributed by atoms with Crippen LogP contribution in [0, 0.1) is 0 Å². The van der Waals surface area contributed by atoms with Crippen LogP contribution in [-0.4, -0.2) is 62.2 Å². The van der Waals surface area contributed by atoms with Crippen molar-refractivity contribution in [2.24, 2.45) is 0 Å². The highest BCUT2D eigenvalue weighted by Crippen LogP contribution is 2.27. The molecule has 156 valence electrons. The van der Waals surface area contributed by atoms with Crippen molar-refractivity contribution in [3.05, 3.63) is 54.6 Å². The van der Waals surface area contributed by atoms with E-state index in [1.807, 2.05) is 48.5 Å². The maximum absolute atomic E-state index is 13.3. The number of aromatic nitrogens is 2. The van der Waals surface area contributed by atoms with Crippen molar-refractivity contribution in [3.8, 4) is 0 Å². The third kappa shape index (κ3) is 3.50. The van der Waals surface area contributed by atoms with Crippen LogP contribution in [0.2, 0.25) is 0 Å². The Labute approximate surface area is 177 Å². The van der Waals surface area contributed by atoms with Gasteiger partial charge in [0.2, 0.25) is 10.0 Å². The lowest BCUT2D eigenvalue weighted by atomic mass is 10.1. The first-order valence-electron chi connectivity index (χ1n) is 10.4. The fourth-order valence-corrected chi connectivity index (χ4v) is 5.96. The molecule has 2 saturated heterocycles. The smallest absolute Gasteiger partial charge is 0.243 e. The van der Waals surface area contributed by atoms with Gasteiger partial charge in [0.05, 0.1) is 4.90 Å². The Kier molecular flexibility index (Phi) is 5.04. The molecule has 5 rings (SSSR count). The van der Waals surface area contributed by atoms with Gasteiger partial charge in [-0.05, 0) is 36.4 Å². The van der Waals surface area contributed by atoms with Crippen molar-refractivity contribution < 1.29 is 8.42 Å². The van der Waals surface area contributed by atoms with Gasteiger partial charge in [0.1, 0.15) is 0 Å². The Morgan fingerprint density at radius 3 is 1.93 bits per heavy atom. The zero-order valence-electron chi connectivity index (χ0n) is 16.8. The Hall–Kier alpha value is -2.71. The predicted octanol–water partition coefficient (Wildman–Crippen LogP) is 2.74. The summed E-state index contributed by atoms with van der Waals surface area (Å²) in [5.41, 5.74) is 0. The van der Waals surface area contributed by atoms with E-state index in [1.165, 1.54) is 12.8 Å². The molecule has 3 heterocycles. The number of hydrogen-bond acceptors (Lipinski definition) is 6. The van der Waals surface area contributed by atoms with E-state index in [1.54, 1.807) is 10.4 Å². The van der Waals surface area contributed by atoms with Gasteiger partial charge in [-0.15, -0.1) is 10.2 Å². The number of rotatable bonds is 4. The van der Waals surface area contributed by atoms with Gasteiger partial charge in [-0.25, -0.2) is 8.42 Å². The molecule has 0 saturated carbocycles. The lowest BCUT2D eigenvalue weighted by molar-refractivity contribution is 0.384. The topological polar surface area (TPSA) is 69.6 Å². The number of sulfonamides is 1. The number of hydrogen-bond donors (Lipinski definition) is 0. The number of anilines is 2. The molecule has 0 aliphatic carbocycles. The van der Waals surface area contributed by atoms with Gasteiger partial charge in [0, 0.05) is 44.7 Å². The van der Waals surface area contributed by atoms with E-state index in [2.05, 4.69) is 20.0 Å². The van der Waals surface area contributed by atoms with E-state index in [0.717, 1.165) is 35.5 Å². The summed E-state index contributed by atoms with van der Waals surface area (Å²) in [6.45, 7) is 4.14. The van der Waals surface area contributed by atoms with Crippen LogP contribution in [0.3, 0.4) is 0 Å². The van der Waals surface area contributed by atoms with E-state index < -0.39 is 10.0 Å². The second kappa shape index (κ2) is 7.85. The molecule has 0 radical (unpaired) electrons. The highest BCUT2D eigenvalue weighted by Gasteiger charge is 2.30. The summed E-state index contributed by atoms with van der Waals surface area (Å²) in [5, 5.41) is 10.5. The third-order valence-corrected chi connectivity index (χ3v) is 7.95. The molecule has 0 amide bonds. The molecule has 0 atom stereocenters. The number of fused-ring (bicyclic) bond motifs is 1. The molecule has 8 heteroatoms. The summed E-state index contributed by atoms with van der Waals surface area (Å²) in [5.74, 6) is 1.73. The molecule has 3 aromatic rings. The average molecular weight is 424 g/mol. The van der Waals surface area contributed by atoms with Gasteiger partial charge in [0.15, 0.2) is 11.6 Å². The van der Waals surface area contributed by atoms with Crippen molar-refractivity contribution in [2.75, 3.05) is 49.1 Å². The normalized spacial score (nSPS) is 18.3. The second-order valence-electron chi connectivity index (χ2n) is 7.81. The summed E-state index contributed by atoms with van der Waals surface area (Å²) in [4.78, 5) is 4.74. The van der Waals surface area contributed by atoms with Crippen LogP contribution >= 0.6 is 0 Å². The molecule has 2 fully saturated rings. The zero-order valence-corrected chi connectivity index (χ0v) is 17.6. The first-order valence-corrected chi connectivity index (χ1v) is 11.9. The van der Waals surface area contributed by atoms with Crippen LogP contribution in [0.4, 0.5) is 11.6 Å². The lowest BCUT2D eigenvalue weighted by Gasteiger charge is -2.34. The maximum atomic E-state index is 13.3. The van der Waals surface area contributed by atoms with Crippen LogP contribution in [-0.2, 0) is 10.0 Å². The minimum absolute atomic E-state index is 0.379. The summed E-state index contributed by atoms with van der Waals surface area (Å²) in [6, 6.07) is 17.1. The van der Waals surface area contributed by atoms with Gasteiger partial charge < -0.3 is 9.80 Å². The van der Waals surface area contributed by atoms with E-state index in [-0.39, 0.29) is 0 Å². The fourth-order valence-electron chi connectivity index (χ4n) is 4.32. The Bertz CT molecular complexity index is 1130. The first-order chi connectivity index (χ1) is 14.6. The first kappa shape index (κ1) is 19.3. The van der Waals surface area contributed by atoms with Crippen molar-refractivity contribution in [2.45, 2.75) is 17.7 Å². The Morgan fingerprint density at radius 2 is 1.27 bits per heavy atom. The zero-order chi connectivity index (χ0) is 20.6. The van der Waals surface area contributed by atoms with Crippen molar-refractivity contribution in [1.82, 2.24) is 14.5 Å². The van der Waals surface area contributed by atoms with E-state index in [4.69, 9.17) is 0 Å². The number of piperazine rings is 1. The van der Waals surface area contributed by atoms with E-state index in [9.17, 15) is 8.42 Å². The lowest BCUT2D eigenvalue weighted by Crippen LogP contribution is -2.49. The SMILES string of the molecule is O=S(=O)(c1cccc2ccccc12)N1CCN(c2ccc(N3CCCC3)nn2)CC1. The minimum atomic E-state index is -3.55. The molecular formula is C22H25N5O2S. The summed E-state index contributed by atoms with van der Waals surface area (Å²) >= 11 is 0. The third-order valence-electron chi connectivity index (χ3n) is 6.00. The van der Waals surface area contributed by atoms with Crippen molar-refractivity contribution >= 4 is 32.4 Å². The quantitative estimate of drug-likeness (QED) is 0.643. The molecule has 30 heavy (non-hydrogen) atoms. The van der Waals surface area contributed by atoms with Gasteiger partial charge in [-0.3, -0.25) is 0 Å². The van der Waals surface area contributed by atoms with Gasteiger partial charge in [-0.1, -0.05) is 36.4 Å². The summed E-state index contributed by atoms with van der Waals surface area (Å²) in [6.07, 6.45) is 2.41. The predicted molar refractivity (Wildman–Crippen MR) is 118 cm³/mol. The molecular weight excluding hydrogens is 398 g/mol. The molecule has 2 aliphatic heterocycles. The molecule has 0 bridgehead atoms. The summed E-state index contributed by atoms with van der Waals surface area (Å²) < 4.78 is 28.2. The Balaban J connectivity index is 1.30. The maximum Gasteiger partial charge on any atom is 0.243 e. The molecule has 0 unspecified atom stereocenters. The molecule has 2 aliphatic rings. The molecule has 0 N–H and O–H groups in total. The van der Waals surface area contributed by atoms with Gasteiger partial charge >= 0.3 is 0 Å². The molecule has 2 aromatic carbocycles. The van der Waals surface area contributed by atoms with Crippen molar-refractivity contribution in [3.63, 3.8) is 0 Å². The standard InChI is InChI=1S/C22H25N5O2S/c28-30(29,20-9-5-7-18-6-1-2-8-19(18)20)27-16-14-26(15-17-27)22-11-10-21(23-24-22)25-12-3-4-13-25/h1-2,5-11H,3-4,12-17H2. The minimum Gasteiger partial charge on any atom is -0.355 e. The molecule has 7 nitrogen and oxygen atoms in total. The number of benzene rings is 2.